The Hall–Kier alpha value is 0.0200. The van der Waals surface area contributed by atoms with Crippen molar-refractivity contribution >= 4 is 37.3 Å². The van der Waals surface area contributed by atoms with E-state index in [4.69, 9.17) is 0 Å². The molecule has 0 aromatic carbocycles. The van der Waals surface area contributed by atoms with Crippen molar-refractivity contribution < 1.29 is 8.42 Å². The molecule has 0 bridgehead atoms. The molecule has 1 aromatic heterocycles. The van der Waals surface area contributed by atoms with E-state index in [2.05, 4.69) is 25.6 Å². The number of hydrogen-bond acceptors (Lipinski definition) is 4. The lowest BCUT2D eigenvalue weighted by molar-refractivity contribution is 0.587. The smallest absolute Gasteiger partial charge is 0.221 e. The van der Waals surface area contributed by atoms with Gasteiger partial charge in [-0.05, 0) is 0 Å². The fraction of sp³-hybridized carbons (Fsp3) is 0.500. The molecule has 4 nitrogen and oxygen atoms in total. The number of nitrogens with zero attached hydrogens (tertiary/aromatic N) is 1. The Morgan fingerprint density at radius 3 is 2.92 bits per heavy atom. The van der Waals surface area contributed by atoms with Crippen LogP contribution in [0.15, 0.2) is 11.6 Å². The van der Waals surface area contributed by atoms with Gasteiger partial charge >= 0.3 is 0 Å². The van der Waals surface area contributed by atoms with Crippen LogP contribution in [0.1, 0.15) is 5.01 Å². The molecule has 0 fully saturated rings. The fourth-order valence-electron chi connectivity index (χ4n) is 0.728. The number of halogens is 1. The molecule has 0 aliphatic heterocycles. The molecular weight excluding hydrogens is 276 g/mol. The Balaban J connectivity index is 2.30. The quantitative estimate of drug-likeness (QED) is 0.820. The van der Waals surface area contributed by atoms with Gasteiger partial charge in [-0.3, -0.25) is 0 Å². The molecule has 1 aromatic rings. The summed E-state index contributed by atoms with van der Waals surface area (Å²) in [6.07, 6.45) is 2.35. The van der Waals surface area contributed by atoms with Gasteiger partial charge in [0.1, 0.15) is 4.66 Å². The first kappa shape index (κ1) is 11.1. The predicted octanol–water partition coefficient (Wildman–Crippen LogP) is 0.957. The average Bonchev–Trinajstić information content (AvgIpc) is 2.57. The molecule has 0 aliphatic carbocycles. The number of sulfonamides is 1. The van der Waals surface area contributed by atoms with Crippen molar-refractivity contribution in [2.45, 2.75) is 6.42 Å². The Kier molecular flexibility index (Phi) is 4.30. The molecule has 0 saturated carbocycles. The summed E-state index contributed by atoms with van der Waals surface area (Å²) in [5.74, 6) is 0. The van der Waals surface area contributed by atoms with Crippen LogP contribution in [0.25, 0.3) is 0 Å². The highest BCUT2D eigenvalue weighted by atomic mass is 79.9. The highest BCUT2D eigenvalue weighted by Crippen LogP contribution is 2.03. The van der Waals surface area contributed by atoms with Gasteiger partial charge in [0.15, 0.2) is 0 Å². The van der Waals surface area contributed by atoms with E-state index >= 15 is 0 Å². The summed E-state index contributed by atoms with van der Waals surface area (Å²) in [5, 5.41) is 2.81. The summed E-state index contributed by atoms with van der Waals surface area (Å²) >= 11 is 4.41. The first-order valence-corrected chi connectivity index (χ1v) is 7.21. The van der Waals surface area contributed by atoms with Crippen molar-refractivity contribution in [2.75, 3.05) is 11.2 Å². The van der Waals surface area contributed by atoms with Gasteiger partial charge in [-0.1, -0.05) is 15.9 Å². The average molecular weight is 285 g/mol. The van der Waals surface area contributed by atoms with E-state index in [1.165, 1.54) is 11.3 Å². The molecule has 0 spiro atoms. The lowest BCUT2D eigenvalue weighted by Gasteiger charge is -2.00. The minimum absolute atomic E-state index is 0.0577. The summed E-state index contributed by atoms with van der Waals surface area (Å²) in [7, 11) is -3.13. The first-order valence-electron chi connectivity index (χ1n) is 3.56. The maximum atomic E-state index is 11.0. The zero-order chi connectivity index (χ0) is 9.73. The molecule has 7 heteroatoms. The molecule has 0 saturated heterocycles. The van der Waals surface area contributed by atoms with Crippen LogP contribution in [0.3, 0.4) is 0 Å². The predicted molar refractivity (Wildman–Crippen MR) is 56.5 cm³/mol. The summed E-state index contributed by atoms with van der Waals surface area (Å²) in [6, 6.07) is 0. The van der Waals surface area contributed by atoms with E-state index in [-0.39, 0.29) is 4.66 Å². The second-order valence-corrected chi connectivity index (χ2v) is 6.38. The third kappa shape index (κ3) is 4.17. The highest BCUT2D eigenvalue weighted by molar-refractivity contribution is 9.10. The van der Waals surface area contributed by atoms with E-state index in [0.717, 1.165) is 5.01 Å². The number of alkyl halides is 1. The van der Waals surface area contributed by atoms with E-state index < -0.39 is 10.0 Å². The van der Waals surface area contributed by atoms with Gasteiger partial charge in [0, 0.05) is 24.5 Å². The van der Waals surface area contributed by atoms with Crippen molar-refractivity contribution in [3.8, 4) is 0 Å². The molecule has 0 radical (unpaired) electrons. The topological polar surface area (TPSA) is 59.1 Å². The van der Waals surface area contributed by atoms with Crippen LogP contribution in [0.4, 0.5) is 0 Å². The SMILES string of the molecule is O=S(=O)(CBr)NCCc1nccs1. The van der Waals surface area contributed by atoms with Crippen molar-refractivity contribution in [3.63, 3.8) is 0 Å². The maximum absolute atomic E-state index is 11.0. The number of nitrogens with one attached hydrogen (secondary N) is 1. The van der Waals surface area contributed by atoms with Crippen molar-refractivity contribution in [2.24, 2.45) is 0 Å². The van der Waals surface area contributed by atoms with Gasteiger partial charge in [0.25, 0.3) is 0 Å². The van der Waals surface area contributed by atoms with Crippen LogP contribution in [0, 0.1) is 0 Å². The van der Waals surface area contributed by atoms with Crippen LogP contribution < -0.4 is 4.72 Å². The lowest BCUT2D eigenvalue weighted by Crippen LogP contribution is -2.26. The van der Waals surface area contributed by atoms with Gasteiger partial charge in [0.05, 0.1) is 5.01 Å². The zero-order valence-electron chi connectivity index (χ0n) is 6.73. The first-order chi connectivity index (χ1) is 6.14. The van der Waals surface area contributed by atoms with E-state index in [9.17, 15) is 8.42 Å². The van der Waals surface area contributed by atoms with Gasteiger partial charge in [-0.15, -0.1) is 11.3 Å². The molecule has 0 amide bonds. The Bertz CT molecular complexity index is 336. The normalized spacial score (nSPS) is 11.8. The van der Waals surface area contributed by atoms with Gasteiger partial charge in [0.2, 0.25) is 10.0 Å². The highest BCUT2D eigenvalue weighted by Gasteiger charge is 2.06. The monoisotopic (exact) mass is 284 g/mol. The van der Waals surface area contributed by atoms with Crippen LogP contribution in [-0.4, -0.2) is 24.6 Å². The molecule has 13 heavy (non-hydrogen) atoms. The summed E-state index contributed by atoms with van der Waals surface area (Å²) in [6.45, 7) is 0.404. The van der Waals surface area contributed by atoms with Gasteiger partial charge in [-0.2, -0.15) is 0 Å². The number of rotatable bonds is 5. The van der Waals surface area contributed by atoms with Crippen molar-refractivity contribution in [3.05, 3.63) is 16.6 Å². The van der Waals surface area contributed by atoms with E-state index in [1.54, 1.807) is 6.20 Å². The second kappa shape index (κ2) is 5.04. The van der Waals surface area contributed by atoms with Gasteiger partial charge < -0.3 is 0 Å². The fourth-order valence-corrected chi connectivity index (χ4v) is 2.32. The molecule has 0 unspecified atom stereocenters. The van der Waals surface area contributed by atoms with Crippen LogP contribution in [-0.2, 0) is 16.4 Å². The molecule has 0 atom stereocenters. The summed E-state index contributed by atoms with van der Waals surface area (Å²) < 4.78 is 24.3. The van der Waals surface area contributed by atoms with Crippen LogP contribution in [0.2, 0.25) is 0 Å². The maximum Gasteiger partial charge on any atom is 0.221 e. The van der Waals surface area contributed by atoms with Crippen LogP contribution >= 0.6 is 27.3 Å². The molecule has 0 aliphatic rings. The van der Waals surface area contributed by atoms with Crippen LogP contribution in [0.5, 0.6) is 0 Å². The second-order valence-electron chi connectivity index (χ2n) is 2.29. The molecule has 1 heterocycles. The Morgan fingerprint density at radius 2 is 2.38 bits per heavy atom. The zero-order valence-corrected chi connectivity index (χ0v) is 9.95. The standard InChI is InChI=1S/C6H9BrN2O2S2/c7-5-13(10,11)9-2-1-6-8-3-4-12-6/h3-4,9H,1-2,5H2. The van der Waals surface area contributed by atoms with Gasteiger partial charge in [-0.25, -0.2) is 18.1 Å². The third-order valence-electron chi connectivity index (χ3n) is 1.29. The number of thiazole rings is 1. The Morgan fingerprint density at radius 1 is 1.62 bits per heavy atom. The minimum atomic E-state index is -3.13. The largest absolute Gasteiger partial charge is 0.250 e. The summed E-state index contributed by atoms with van der Waals surface area (Å²) in [4.78, 5) is 4.03. The van der Waals surface area contributed by atoms with E-state index in [0.29, 0.717) is 13.0 Å². The molecule has 74 valence electrons. The third-order valence-corrected chi connectivity index (χ3v) is 4.87. The molecule has 1 rings (SSSR count). The van der Waals surface area contributed by atoms with Crippen molar-refractivity contribution in [1.82, 2.24) is 9.71 Å². The minimum Gasteiger partial charge on any atom is -0.250 e. The lowest BCUT2D eigenvalue weighted by atomic mass is 10.5. The summed E-state index contributed by atoms with van der Waals surface area (Å²) in [5.41, 5.74) is 0. The Labute approximate surface area is 89.6 Å². The molecule has 1 N–H and O–H groups in total. The number of aromatic nitrogens is 1. The number of hydrogen-bond donors (Lipinski definition) is 1. The molecular formula is C6H9BrN2O2S2. The van der Waals surface area contributed by atoms with Crippen molar-refractivity contribution in [1.29, 1.82) is 0 Å². The van der Waals surface area contributed by atoms with E-state index in [1.807, 2.05) is 5.38 Å².